The second-order valence-electron chi connectivity index (χ2n) is 6.93. The van der Waals surface area contributed by atoms with Crippen molar-refractivity contribution in [1.82, 2.24) is 0 Å². The first-order valence-electron chi connectivity index (χ1n) is 9.11. The lowest BCUT2D eigenvalue weighted by molar-refractivity contribution is 0.0693. The molecule has 0 bridgehead atoms. The van der Waals surface area contributed by atoms with E-state index >= 15 is 0 Å². The number of aryl methyl sites for hydroxylation is 1. The highest BCUT2D eigenvalue weighted by Crippen LogP contribution is 2.44. The molecule has 0 saturated carbocycles. The maximum Gasteiger partial charge on any atom is 0.411 e. The van der Waals surface area contributed by atoms with E-state index in [1.165, 1.54) is 6.07 Å². The van der Waals surface area contributed by atoms with Crippen LogP contribution in [0.15, 0.2) is 60.7 Å². The minimum Gasteiger partial charge on any atom is -0.478 e. The summed E-state index contributed by atoms with van der Waals surface area (Å²) in [5.74, 6) is -2.50. The number of carbonyl (C=O) groups excluding carboxylic acids is 1. The third-order valence-electron chi connectivity index (χ3n) is 5.03. The number of carbonyl (C=O) groups is 2. The number of nitrogens with one attached hydrogen (secondary N) is 1. The third-order valence-corrected chi connectivity index (χ3v) is 5.03. The number of hydrogen-bond acceptors (Lipinski definition) is 3. The van der Waals surface area contributed by atoms with Gasteiger partial charge in [-0.25, -0.2) is 14.0 Å². The van der Waals surface area contributed by atoms with E-state index in [2.05, 4.69) is 5.32 Å². The zero-order valence-corrected chi connectivity index (χ0v) is 15.6. The van der Waals surface area contributed by atoms with Gasteiger partial charge in [-0.05, 0) is 46.9 Å². The molecule has 0 radical (unpaired) electrons. The van der Waals surface area contributed by atoms with E-state index in [9.17, 15) is 19.1 Å². The Morgan fingerprint density at radius 3 is 2.21 bits per heavy atom. The summed E-state index contributed by atoms with van der Waals surface area (Å²) in [7, 11) is 0. The number of anilines is 1. The molecule has 1 aliphatic rings. The Hall–Kier alpha value is -3.67. The van der Waals surface area contributed by atoms with Crippen LogP contribution in [0.2, 0.25) is 0 Å². The van der Waals surface area contributed by atoms with Crippen LogP contribution in [0, 0.1) is 12.7 Å². The fourth-order valence-corrected chi connectivity index (χ4v) is 3.80. The molecule has 0 spiro atoms. The van der Waals surface area contributed by atoms with Crippen molar-refractivity contribution in [3.8, 4) is 11.1 Å². The Labute approximate surface area is 166 Å². The average molecular weight is 391 g/mol. The number of rotatable bonds is 4. The normalized spacial score (nSPS) is 12.2. The SMILES string of the molecule is Cc1cc(F)c(C(=O)O)c(NC(=O)OCC2c3ccccc3-c3ccccc32)c1. The van der Waals surface area contributed by atoms with Crippen LogP contribution in [0.5, 0.6) is 0 Å². The molecule has 0 heterocycles. The first-order valence-corrected chi connectivity index (χ1v) is 9.11. The maximum atomic E-state index is 14.0. The Balaban J connectivity index is 1.54. The van der Waals surface area contributed by atoms with Crippen molar-refractivity contribution in [1.29, 1.82) is 0 Å². The van der Waals surface area contributed by atoms with Crippen LogP contribution >= 0.6 is 0 Å². The van der Waals surface area contributed by atoms with Crippen molar-refractivity contribution < 1.29 is 23.8 Å². The molecule has 29 heavy (non-hydrogen) atoms. The molecule has 0 saturated heterocycles. The van der Waals surface area contributed by atoms with Crippen molar-refractivity contribution in [2.24, 2.45) is 0 Å². The molecule has 4 rings (SSSR count). The summed E-state index contributed by atoms with van der Waals surface area (Å²) >= 11 is 0. The van der Waals surface area contributed by atoms with Gasteiger partial charge in [0.25, 0.3) is 0 Å². The Kier molecular flexibility index (Phi) is 4.76. The topological polar surface area (TPSA) is 75.6 Å². The van der Waals surface area contributed by atoms with E-state index in [-0.39, 0.29) is 18.2 Å². The zero-order valence-electron chi connectivity index (χ0n) is 15.6. The van der Waals surface area contributed by atoms with Crippen LogP contribution in [-0.4, -0.2) is 23.8 Å². The van der Waals surface area contributed by atoms with E-state index in [1.807, 2.05) is 48.5 Å². The molecular formula is C23H18FNO4. The third kappa shape index (κ3) is 3.45. The first-order chi connectivity index (χ1) is 14.0. The Morgan fingerprint density at radius 1 is 1.03 bits per heavy atom. The molecule has 0 aromatic heterocycles. The van der Waals surface area contributed by atoms with Crippen LogP contribution in [-0.2, 0) is 4.74 Å². The molecule has 0 aliphatic heterocycles. The highest BCUT2D eigenvalue weighted by Gasteiger charge is 2.29. The number of halogens is 1. The number of ether oxygens (including phenoxy) is 1. The van der Waals surface area contributed by atoms with Gasteiger partial charge in [-0.2, -0.15) is 0 Å². The van der Waals surface area contributed by atoms with Crippen molar-refractivity contribution in [3.05, 3.63) is 88.7 Å². The smallest absolute Gasteiger partial charge is 0.411 e. The van der Waals surface area contributed by atoms with Crippen LogP contribution in [0.4, 0.5) is 14.9 Å². The molecule has 0 fully saturated rings. The number of amides is 1. The van der Waals surface area contributed by atoms with E-state index in [0.717, 1.165) is 28.3 Å². The van der Waals surface area contributed by atoms with E-state index in [1.54, 1.807) is 6.92 Å². The molecular weight excluding hydrogens is 373 g/mol. The zero-order chi connectivity index (χ0) is 20.5. The fraction of sp³-hybridized carbons (Fsp3) is 0.130. The Bertz CT molecular complexity index is 1080. The molecule has 146 valence electrons. The molecule has 1 aliphatic carbocycles. The number of benzene rings is 3. The monoisotopic (exact) mass is 391 g/mol. The van der Waals surface area contributed by atoms with Crippen LogP contribution < -0.4 is 5.32 Å². The summed E-state index contributed by atoms with van der Waals surface area (Å²) < 4.78 is 19.4. The fourth-order valence-electron chi connectivity index (χ4n) is 3.80. The van der Waals surface area contributed by atoms with Gasteiger partial charge in [-0.1, -0.05) is 48.5 Å². The molecule has 6 heteroatoms. The molecule has 1 amide bonds. The first kappa shape index (κ1) is 18.7. The number of fused-ring (bicyclic) bond motifs is 3. The molecule has 3 aromatic carbocycles. The average Bonchev–Trinajstić information content (AvgIpc) is 2.99. The standard InChI is InChI=1S/C23H18FNO4/c1-13-10-19(24)21(22(26)27)20(11-13)25-23(28)29-12-18-16-8-4-2-6-14(16)15-7-3-5-9-17(15)18/h2-11,18H,12H2,1H3,(H,25,28)(H,26,27). The van der Waals surface area contributed by atoms with Crippen molar-refractivity contribution in [2.75, 3.05) is 11.9 Å². The predicted octanol–water partition coefficient (Wildman–Crippen LogP) is 5.19. The lowest BCUT2D eigenvalue weighted by Gasteiger charge is -2.15. The molecule has 3 aromatic rings. The minimum absolute atomic E-state index is 0.0799. The number of carboxylic acids is 1. The van der Waals surface area contributed by atoms with Gasteiger partial charge < -0.3 is 9.84 Å². The summed E-state index contributed by atoms with van der Waals surface area (Å²) in [5.41, 5.74) is 4.10. The van der Waals surface area contributed by atoms with Crippen LogP contribution in [0.1, 0.15) is 33.0 Å². The van der Waals surface area contributed by atoms with Crippen molar-refractivity contribution in [3.63, 3.8) is 0 Å². The second kappa shape index (κ2) is 7.39. The van der Waals surface area contributed by atoms with Gasteiger partial charge in [0.05, 0.1) is 5.69 Å². The van der Waals surface area contributed by atoms with E-state index in [4.69, 9.17) is 4.74 Å². The molecule has 5 nitrogen and oxygen atoms in total. The van der Waals surface area contributed by atoms with Crippen molar-refractivity contribution in [2.45, 2.75) is 12.8 Å². The van der Waals surface area contributed by atoms with Crippen molar-refractivity contribution >= 4 is 17.7 Å². The highest BCUT2D eigenvalue weighted by molar-refractivity contribution is 5.99. The maximum absolute atomic E-state index is 14.0. The lowest BCUT2D eigenvalue weighted by atomic mass is 9.98. The van der Waals surface area contributed by atoms with Gasteiger partial charge in [0, 0.05) is 5.92 Å². The quantitative estimate of drug-likeness (QED) is 0.641. The molecule has 0 atom stereocenters. The minimum atomic E-state index is -1.46. The predicted molar refractivity (Wildman–Crippen MR) is 107 cm³/mol. The number of hydrogen-bond donors (Lipinski definition) is 2. The largest absolute Gasteiger partial charge is 0.478 e. The van der Waals surface area contributed by atoms with Gasteiger partial charge in [-0.3, -0.25) is 5.32 Å². The summed E-state index contributed by atoms with van der Waals surface area (Å²) in [4.78, 5) is 23.7. The van der Waals surface area contributed by atoms with Crippen LogP contribution in [0.3, 0.4) is 0 Å². The van der Waals surface area contributed by atoms with Gasteiger partial charge >= 0.3 is 12.1 Å². The summed E-state index contributed by atoms with van der Waals surface area (Å²) in [6, 6.07) is 18.4. The number of aromatic carboxylic acids is 1. The van der Waals surface area contributed by atoms with Gasteiger partial charge in [-0.15, -0.1) is 0 Å². The van der Waals surface area contributed by atoms with Gasteiger partial charge in [0.1, 0.15) is 18.0 Å². The second-order valence-corrected chi connectivity index (χ2v) is 6.93. The summed E-state index contributed by atoms with van der Waals surface area (Å²) in [5, 5.41) is 11.6. The summed E-state index contributed by atoms with van der Waals surface area (Å²) in [6.45, 7) is 1.69. The molecule has 2 N–H and O–H groups in total. The Morgan fingerprint density at radius 2 is 1.62 bits per heavy atom. The van der Waals surface area contributed by atoms with E-state index < -0.39 is 23.4 Å². The van der Waals surface area contributed by atoms with Gasteiger partial charge in [0.15, 0.2) is 0 Å². The highest BCUT2D eigenvalue weighted by atomic mass is 19.1. The number of carboxylic acid groups (broad SMARTS) is 1. The summed E-state index contributed by atoms with van der Waals surface area (Å²) in [6.07, 6.45) is -0.834. The van der Waals surface area contributed by atoms with Crippen LogP contribution in [0.25, 0.3) is 11.1 Å². The molecule has 0 unspecified atom stereocenters. The lowest BCUT2D eigenvalue weighted by Crippen LogP contribution is -2.20. The van der Waals surface area contributed by atoms with E-state index in [0.29, 0.717) is 5.56 Å². The van der Waals surface area contributed by atoms with Gasteiger partial charge in [0.2, 0.25) is 0 Å².